The maximum atomic E-state index is 12.9. The summed E-state index contributed by atoms with van der Waals surface area (Å²) in [5.74, 6) is -0.606. The van der Waals surface area contributed by atoms with Gasteiger partial charge in [0.2, 0.25) is 5.91 Å². The summed E-state index contributed by atoms with van der Waals surface area (Å²) in [4.78, 5) is 31.4. The van der Waals surface area contributed by atoms with E-state index in [1.807, 2.05) is 0 Å². The average molecular weight is 353 g/mol. The number of piperidine rings is 1. The predicted octanol–water partition coefficient (Wildman–Crippen LogP) is 1.13. The molecule has 4 heterocycles. The number of pyridine rings is 1. The fourth-order valence-electron chi connectivity index (χ4n) is 3.63. The van der Waals surface area contributed by atoms with Crippen molar-refractivity contribution in [3.05, 3.63) is 48.5 Å². The molecular formula is C18H19N5O3. The van der Waals surface area contributed by atoms with Crippen LogP contribution in [0.4, 0.5) is 5.69 Å². The second kappa shape index (κ2) is 7.17. The van der Waals surface area contributed by atoms with Crippen LogP contribution in [-0.2, 0) is 9.53 Å². The number of hydrogen-bond acceptors (Lipinski definition) is 6. The lowest BCUT2D eigenvalue weighted by Gasteiger charge is -2.40. The van der Waals surface area contributed by atoms with Crippen LogP contribution in [0.25, 0.3) is 0 Å². The lowest BCUT2D eigenvalue weighted by atomic mass is 9.89. The zero-order valence-electron chi connectivity index (χ0n) is 14.1. The Labute approximate surface area is 150 Å². The number of nitrogens with one attached hydrogen (secondary N) is 1. The van der Waals surface area contributed by atoms with Gasteiger partial charge in [-0.2, -0.15) is 10.2 Å². The fraction of sp³-hybridized carbons (Fsp3) is 0.389. The zero-order valence-corrected chi connectivity index (χ0v) is 14.1. The van der Waals surface area contributed by atoms with E-state index in [4.69, 9.17) is 4.74 Å². The average Bonchev–Trinajstić information content (AvgIpc) is 3.17. The monoisotopic (exact) mass is 353 g/mol. The quantitative estimate of drug-likeness (QED) is 0.888. The third-order valence-corrected chi connectivity index (χ3v) is 4.90. The Morgan fingerprint density at radius 3 is 2.88 bits per heavy atom. The third-order valence-electron chi connectivity index (χ3n) is 4.90. The highest BCUT2D eigenvalue weighted by Gasteiger charge is 2.44. The first-order valence-electron chi connectivity index (χ1n) is 8.62. The van der Waals surface area contributed by atoms with Crippen LogP contribution in [0, 0.1) is 5.92 Å². The minimum atomic E-state index is -0.340. The van der Waals surface area contributed by atoms with Gasteiger partial charge in [0.05, 0.1) is 47.9 Å². The lowest BCUT2D eigenvalue weighted by molar-refractivity contribution is -0.123. The molecule has 134 valence electrons. The number of ether oxygens (including phenoxy) is 1. The highest BCUT2D eigenvalue weighted by Crippen LogP contribution is 2.32. The van der Waals surface area contributed by atoms with E-state index >= 15 is 0 Å². The molecule has 8 heteroatoms. The van der Waals surface area contributed by atoms with Gasteiger partial charge in [-0.25, -0.2) is 0 Å². The summed E-state index contributed by atoms with van der Waals surface area (Å²) in [5.41, 5.74) is 1.11. The summed E-state index contributed by atoms with van der Waals surface area (Å²) >= 11 is 0. The Morgan fingerprint density at radius 2 is 2.12 bits per heavy atom. The highest BCUT2D eigenvalue weighted by molar-refractivity contribution is 5.96. The molecule has 0 bridgehead atoms. The summed E-state index contributed by atoms with van der Waals surface area (Å²) in [6.45, 7) is 0.961. The molecule has 2 aliphatic heterocycles. The van der Waals surface area contributed by atoms with Crippen molar-refractivity contribution in [2.24, 2.45) is 5.92 Å². The Morgan fingerprint density at radius 1 is 1.19 bits per heavy atom. The molecule has 0 saturated carbocycles. The molecule has 2 aliphatic rings. The van der Waals surface area contributed by atoms with Crippen molar-refractivity contribution in [2.45, 2.75) is 25.0 Å². The Bertz CT molecular complexity index is 786. The molecule has 2 amide bonds. The number of carbonyl (C=O) groups excluding carboxylic acids is 2. The number of aromatic nitrogens is 3. The summed E-state index contributed by atoms with van der Waals surface area (Å²) in [6.07, 6.45) is 7.46. The van der Waals surface area contributed by atoms with Crippen LogP contribution in [0.3, 0.4) is 0 Å². The second-order valence-corrected chi connectivity index (χ2v) is 6.52. The van der Waals surface area contributed by atoms with Crippen molar-refractivity contribution in [3.63, 3.8) is 0 Å². The molecule has 26 heavy (non-hydrogen) atoms. The molecule has 8 nitrogen and oxygen atoms in total. The number of hydrogen-bond donors (Lipinski definition) is 1. The molecule has 2 fully saturated rings. The van der Waals surface area contributed by atoms with Crippen LogP contribution >= 0.6 is 0 Å². The molecule has 3 atom stereocenters. The topological polar surface area (TPSA) is 97.3 Å². The first-order valence-corrected chi connectivity index (χ1v) is 8.62. The molecule has 0 spiro atoms. The van der Waals surface area contributed by atoms with Crippen LogP contribution in [-0.4, -0.2) is 57.2 Å². The predicted molar refractivity (Wildman–Crippen MR) is 92.2 cm³/mol. The van der Waals surface area contributed by atoms with Crippen molar-refractivity contribution in [3.8, 4) is 0 Å². The molecule has 0 unspecified atom stereocenters. The molecule has 4 rings (SSSR count). The number of carbonyl (C=O) groups is 2. The highest BCUT2D eigenvalue weighted by atomic mass is 16.5. The number of nitrogens with zero attached hydrogens (tertiary/aromatic N) is 4. The zero-order chi connectivity index (χ0) is 17.9. The van der Waals surface area contributed by atoms with E-state index in [0.29, 0.717) is 30.8 Å². The SMILES string of the molecule is O=C(Nc1cccnc1)[C@@H]1C[C@@H]2OCC[C@@H]2N(C(=O)c2ccnnc2)C1. The van der Waals surface area contributed by atoms with E-state index < -0.39 is 0 Å². The lowest BCUT2D eigenvalue weighted by Crippen LogP contribution is -2.54. The van der Waals surface area contributed by atoms with Gasteiger partial charge in [-0.3, -0.25) is 14.6 Å². The van der Waals surface area contributed by atoms with Crippen molar-refractivity contribution in [2.75, 3.05) is 18.5 Å². The van der Waals surface area contributed by atoms with Gasteiger partial charge < -0.3 is 15.0 Å². The molecule has 0 aliphatic carbocycles. The standard InChI is InChI=1S/C18H19N5O3/c24-17(22-14-2-1-5-19-10-14)13-8-16-15(4-7-26-16)23(11-13)18(25)12-3-6-20-21-9-12/h1-3,5-6,9-10,13,15-16H,4,7-8,11H2,(H,22,24)/t13-,15+,16+/m1/s1. The fourth-order valence-corrected chi connectivity index (χ4v) is 3.63. The van der Waals surface area contributed by atoms with Gasteiger partial charge in [0.25, 0.3) is 5.91 Å². The molecule has 1 N–H and O–H groups in total. The van der Waals surface area contributed by atoms with Crippen molar-refractivity contribution >= 4 is 17.5 Å². The van der Waals surface area contributed by atoms with Gasteiger partial charge in [0.15, 0.2) is 0 Å². The van der Waals surface area contributed by atoms with Crippen LogP contribution < -0.4 is 5.32 Å². The smallest absolute Gasteiger partial charge is 0.255 e. The maximum Gasteiger partial charge on any atom is 0.255 e. The van der Waals surface area contributed by atoms with Gasteiger partial charge in [0, 0.05) is 19.3 Å². The second-order valence-electron chi connectivity index (χ2n) is 6.52. The van der Waals surface area contributed by atoms with E-state index in [2.05, 4.69) is 20.5 Å². The van der Waals surface area contributed by atoms with E-state index in [-0.39, 0.29) is 29.9 Å². The Kier molecular flexibility index (Phi) is 4.57. The summed E-state index contributed by atoms with van der Waals surface area (Å²) in [7, 11) is 0. The number of anilines is 1. The molecule has 2 aromatic heterocycles. The molecule has 0 radical (unpaired) electrons. The van der Waals surface area contributed by atoms with Crippen molar-refractivity contribution in [1.82, 2.24) is 20.1 Å². The molecular weight excluding hydrogens is 334 g/mol. The van der Waals surface area contributed by atoms with Crippen LogP contribution in [0.5, 0.6) is 0 Å². The summed E-state index contributed by atoms with van der Waals surface area (Å²) in [5, 5.41) is 10.4. The van der Waals surface area contributed by atoms with E-state index in [0.717, 1.165) is 6.42 Å². The minimum absolute atomic E-state index is 0.00175. The van der Waals surface area contributed by atoms with Crippen LogP contribution in [0.15, 0.2) is 43.0 Å². The number of rotatable bonds is 3. The van der Waals surface area contributed by atoms with E-state index in [1.165, 1.54) is 12.4 Å². The van der Waals surface area contributed by atoms with Gasteiger partial charge in [0.1, 0.15) is 0 Å². The van der Waals surface area contributed by atoms with Gasteiger partial charge in [-0.1, -0.05) is 0 Å². The van der Waals surface area contributed by atoms with Crippen LogP contribution in [0.1, 0.15) is 23.2 Å². The van der Waals surface area contributed by atoms with E-state index in [1.54, 1.807) is 35.5 Å². The number of amides is 2. The normalized spacial score (nSPS) is 24.8. The molecule has 2 saturated heterocycles. The summed E-state index contributed by atoms with van der Waals surface area (Å²) in [6, 6.07) is 5.19. The van der Waals surface area contributed by atoms with Gasteiger partial charge >= 0.3 is 0 Å². The van der Waals surface area contributed by atoms with Gasteiger partial charge in [-0.05, 0) is 31.0 Å². The Hall–Kier alpha value is -2.87. The van der Waals surface area contributed by atoms with Crippen molar-refractivity contribution < 1.29 is 14.3 Å². The molecule has 0 aromatic carbocycles. The maximum absolute atomic E-state index is 12.9. The van der Waals surface area contributed by atoms with Crippen LogP contribution in [0.2, 0.25) is 0 Å². The number of fused-ring (bicyclic) bond motifs is 1. The first-order chi connectivity index (χ1) is 12.7. The van der Waals surface area contributed by atoms with Crippen molar-refractivity contribution in [1.29, 1.82) is 0 Å². The minimum Gasteiger partial charge on any atom is -0.376 e. The van der Waals surface area contributed by atoms with Gasteiger partial charge in [-0.15, -0.1) is 0 Å². The summed E-state index contributed by atoms with van der Waals surface area (Å²) < 4.78 is 5.79. The largest absolute Gasteiger partial charge is 0.376 e. The number of likely N-dealkylation sites (tertiary alicyclic amines) is 1. The Balaban J connectivity index is 1.53. The first kappa shape index (κ1) is 16.6. The van der Waals surface area contributed by atoms with E-state index in [9.17, 15) is 9.59 Å². The molecule has 2 aromatic rings. The third kappa shape index (κ3) is 3.28.